The third-order valence-electron chi connectivity index (χ3n) is 3.98. The molecule has 1 fully saturated rings. The van der Waals surface area contributed by atoms with Crippen LogP contribution in [-0.2, 0) is 0 Å². The average molecular weight is 218 g/mol. The molecule has 0 heterocycles. The molecule has 0 N–H and O–H groups in total. The van der Waals surface area contributed by atoms with Crippen LogP contribution in [0.25, 0.3) is 0 Å². The van der Waals surface area contributed by atoms with Crippen molar-refractivity contribution in [2.75, 3.05) is 11.5 Å². The van der Waals surface area contributed by atoms with E-state index < -0.39 is 0 Å². The Labute approximate surface area is 93.7 Å². The zero-order chi connectivity index (χ0) is 10.0. The lowest BCUT2D eigenvalue weighted by Gasteiger charge is -2.43. The Morgan fingerprint density at radius 3 is 1.62 bits per heavy atom. The molecule has 0 nitrogen and oxygen atoms in total. The molecule has 1 aliphatic rings. The van der Waals surface area contributed by atoms with E-state index in [0.29, 0.717) is 0 Å². The van der Waals surface area contributed by atoms with Crippen molar-refractivity contribution in [2.24, 2.45) is 29.6 Å². The Morgan fingerprint density at radius 2 is 1.31 bits per heavy atom. The molecule has 0 bridgehead atoms. The summed E-state index contributed by atoms with van der Waals surface area (Å²) in [7, 11) is 0. The summed E-state index contributed by atoms with van der Waals surface area (Å²) in [5.41, 5.74) is 0. The van der Waals surface area contributed by atoms with Crippen LogP contribution in [0.5, 0.6) is 0 Å². The molecular formula is C11H22S2. The zero-order valence-electron chi connectivity index (χ0n) is 8.90. The molecule has 0 spiro atoms. The zero-order valence-corrected chi connectivity index (χ0v) is 10.7. The molecule has 2 heteroatoms. The van der Waals surface area contributed by atoms with E-state index in [1.54, 1.807) is 0 Å². The van der Waals surface area contributed by atoms with Gasteiger partial charge in [-0.05, 0) is 47.5 Å². The summed E-state index contributed by atoms with van der Waals surface area (Å²) in [6, 6.07) is 0. The van der Waals surface area contributed by atoms with Gasteiger partial charge in [0.05, 0.1) is 0 Å². The molecule has 0 saturated heterocycles. The molecule has 0 aromatic heterocycles. The Balaban J connectivity index is 2.69. The molecule has 0 amide bonds. The van der Waals surface area contributed by atoms with Gasteiger partial charge in [-0.3, -0.25) is 0 Å². The van der Waals surface area contributed by atoms with Crippen molar-refractivity contribution < 1.29 is 0 Å². The smallest absolute Gasteiger partial charge is 0.00643 e. The Kier molecular flexibility index (Phi) is 4.50. The Morgan fingerprint density at radius 1 is 0.923 bits per heavy atom. The Bertz CT molecular complexity index is 142. The van der Waals surface area contributed by atoms with Crippen molar-refractivity contribution in [2.45, 2.75) is 27.2 Å². The topological polar surface area (TPSA) is 0 Å². The lowest BCUT2D eigenvalue weighted by Crippen LogP contribution is -2.38. The number of thiol groups is 2. The van der Waals surface area contributed by atoms with Gasteiger partial charge in [0.25, 0.3) is 0 Å². The van der Waals surface area contributed by atoms with Crippen LogP contribution < -0.4 is 0 Å². The van der Waals surface area contributed by atoms with E-state index in [1.807, 2.05) is 0 Å². The van der Waals surface area contributed by atoms with Gasteiger partial charge in [-0.15, -0.1) is 0 Å². The first-order chi connectivity index (χ1) is 6.11. The van der Waals surface area contributed by atoms with Crippen LogP contribution in [0.1, 0.15) is 27.2 Å². The molecule has 1 saturated carbocycles. The number of hydrogen-bond acceptors (Lipinski definition) is 2. The molecule has 0 aromatic carbocycles. The largest absolute Gasteiger partial charge is 0.179 e. The van der Waals surface area contributed by atoms with Crippen molar-refractivity contribution in [3.8, 4) is 0 Å². The van der Waals surface area contributed by atoms with E-state index >= 15 is 0 Å². The molecule has 4 atom stereocenters. The van der Waals surface area contributed by atoms with Gasteiger partial charge < -0.3 is 0 Å². The first kappa shape index (κ1) is 11.8. The van der Waals surface area contributed by atoms with Crippen molar-refractivity contribution in [3.63, 3.8) is 0 Å². The fourth-order valence-electron chi connectivity index (χ4n) is 2.98. The molecule has 0 aromatic rings. The molecule has 1 aliphatic carbocycles. The molecular weight excluding hydrogens is 196 g/mol. The third-order valence-corrected chi connectivity index (χ3v) is 4.82. The van der Waals surface area contributed by atoms with Crippen LogP contribution in [0.3, 0.4) is 0 Å². The maximum Gasteiger partial charge on any atom is -0.00643 e. The maximum absolute atomic E-state index is 4.47. The fourth-order valence-corrected chi connectivity index (χ4v) is 4.37. The second-order valence-corrected chi connectivity index (χ2v) is 5.47. The molecule has 78 valence electrons. The van der Waals surface area contributed by atoms with Crippen molar-refractivity contribution in [1.29, 1.82) is 0 Å². The quantitative estimate of drug-likeness (QED) is 0.652. The molecule has 1 rings (SSSR count). The maximum atomic E-state index is 4.47. The lowest BCUT2D eigenvalue weighted by atomic mass is 9.64. The first-order valence-corrected chi connectivity index (χ1v) is 6.60. The van der Waals surface area contributed by atoms with Gasteiger partial charge in [-0.25, -0.2) is 0 Å². The summed E-state index contributed by atoms with van der Waals surface area (Å²) in [6.07, 6.45) is 1.36. The normalized spacial score (nSPS) is 46.4. The minimum Gasteiger partial charge on any atom is -0.179 e. The number of rotatable bonds is 2. The van der Waals surface area contributed by atoms with Gasteiger partial charge in [0.15, 0.2) is 0 Å². The van der Waals surface area contributed by atoms with E-state index in [0.717, 1.165) is 41.1 Å². The van der Waals surface area contributed by atoms with Crippen LogP contribution in [0.4, 0.5) is 0 Å². The summed E-state index contributed by atoms with van der Waals surface area (Å²) in [5.74, 6) is 6.18. The van der Waals surface area contributed by atoms with Crippen LogP contribution in [0, 0.1) is 29.6 Å². The van der Waals surface area contributed by atoms with E-state index in [9.17, 15) is 0 Å². The second-order valence-electron chi connectivity index (χ2n) is 4.74. The average Bonchev–Trinajstić information content (AvgIpc) is 2.04. The van der Waals surface area contributed by atoms with Crippen molar-refractivity contribution >= 4 is 25.3 Å². The van der Waals surface area contributed by atoms with Gasteiger partial charge in [0.2, 0.25) is 0 Å². The highest BCUT2D eigenvalue weighted by Crippen LogP contribution is 2.42. The minimum absolute atomic E-state index is 0.800. The van der Waals surface area contributed by atoms with E-state index in [1.165, 1.54) is 6.42 Å². The monoisotopic (exact) mass is 218 g/mol. The van der Waals surface area contributed by atoms with Gasteiger partial charge in [-0.1, -0.05) is 20.8 Å². The highest BCUT2D eigenvalue weighted by molar-refractivity contribution is 7.80. The standard InChI is InChI=1S/C11H22S2/c1-7-4-8(2)11(6-13)9(3)10(7)5-12/h7-13H,4-6H2,1-3H3. The van der Waals surface area contributed by atoms with Crippen molar-refractivity contribution in [3.05, 3.63) is 0 Å². The lowest BCUT2D eigenvalue weighted by molar-refractivity contribution is 0.0918. The van der Waals surface area contributed by atoms with Crippen LogP contribution >= 0.6 is 25.3 Å². The third kappa shape index (κ3) is 2.38. The highest BCUT2D eigenvalue weighted by Gasteiger charge is 2.36. The summed E-state index contributed by atoms with van der Waals surface area (Å²) >= 11 is 8.93. The van der Waals surface area contributed by atoms with Gasteiger partial charge in [-0.2, -0.15) is 25.3 Å². The number of hydrogen-bond donors (Lipinski definition) is 2. The summed E-state index contributed by atoms with van der Waals surface area (Å²) in [6.45, 7) is 7.14. The van der Waals surface area contributed by atoms with E-state index in [2.05, 4.69) is 46.0 Å². The minimum atomic E-state index is 0.800. The summed E-state index contributed by atoms with van der Waals surface area (Å²) in [5, 5.41) is 0. The van der Waals surface area contributed by atoms with E-state index in [4.69, 9.17) is 0 Å². The molecule has 13 heavy (non-hydrogen) atoms. The highest BCUT2D eigenvalue weighted by atomic mass is 32.1. The Hall–Kier alpha value is 0.700. The molecule has 4 unspecified atom stereocenters. The van der Waals surface area contributed by atoms with E-state index in [-0.39, 0.29) is 0 Å². The van der Waals surface area contributed by atoms with Crippen LogP contribution in [0.2, 0.25) is 0 Å². The van der Waals surface area contributed by atoms with Crippen LogP contribution in [-0.4, -0.2) is 11.5 Å². The van der Waals surface area contributed by atoms with Gasteiger partial charge in [0.1, 0.15) is 0 Å². The van der Waals surface area contributed by atoms with Crippen LogP contribution in [0.15, 0.2) is 0 Å². The summed E-state index contributed by atoms with van der Waals surface area (Å²) < 4.78 is 0. The first-order valence-electron chi connectivity index (χ1n) is 5.33. The van der Waals surface area contributed by atoms with Crippen molar-refractivity contribution in [1.82, 2.24) is 0 Å². The fraction of sp³-hybridized carbons (Fsp3) is 1.00. The summed E-state index contributed by atoms with van der Waals surface area (Å²) in [4.78, 5) is 0. The predicted octanol–water partition coefficient (Wildman–Crippen LogP) is 3.39. The predicted molar refractivity (Wildman–Crippen MR) is 66.8 cm³/mol. The van der Waals surface area contributed by atoms with Gasteiger partial charge >= 0.3 is 0 Å². The SMILES string of the molecule is CC1CC(C)C(CS)C(C)C1CS. The van der Waals surface area contributed by atoms with Gasteiger partial charge in [0, 0.05) is 0 Å². The second kappa shape index (κ2) is 4.97. The molecule has 0 aliphatic heterocycles. The molecule has 0 radical (unpaired) electrons.